The largest absolute Gasteiger partial charge is 0.302 e. The minimum absolute atomic E-state index is 0.241. The number of aldehydes is 1. The third kappa shape index (κ3) is 8.61. The molecule has 0 fully saturated rings. The van der Waals surface area contributed by atoms with Crippen molar-refractivity contribution in [1.29, 1.82) is 0 Å². The molecule has 1 unspecified atom stereocenters. The lowest BCUT2D eigenvalue weighted by Gasteiger charge is -2.06. The average Bonchev–Trinajstić information content (AvgIpc) is 2.22. The Morgan fingerprint density at radius 2 is 1.71 bits per heavy atom. The van der Waals surface area contributed by atoms with Gasteiger partial charge in [0.2, 0.25) is 0 Å². The number of carbonyl (C=O) groups is 1. The summed E-state index contributed by atoms with van der Waals surface area (Å²) in [6, 6.07) is 0. The molecule has 0 aromatic carbocycles. The third-order valence-corrected chi connectivity index (χ3v) is 3.78. The van der Waals surface area contributed by atoms with Gasteiger partial charge in [0.25, 0.3) is 0 Å². The SMILES string of the molecule is CCCCCCCCSC(C=O)CC. The maximum atomic E-state index is 10.5. The predicted octanol–water partition coefficient (Wildman–Crippen LogP) is 4.06. The van der Waals surface area contributed by atoms with Crippen LogP contribution in [0.1, 0.15) is 58.8 Å². The van der Waals surface area contributed by atoms with Gasteiger partial charge in [-0.1, -0.05) is 46.0 Å². The van der Waals surface area contributed by atoms with Crippen molar-refractivity contribution in [3.05, 3.63) is 0 Å². The first kappa shape index (κ1) is 14.0. The van der Waals surface area contributed by atoms with Crippen molar-refractivity contribution in [1.82, 2.24) is 0 Å². The highest BCUT2D eigenvalue weighted by Crippen LogP contribution is 2.15. The minimum atomic E-state index is 0.241. The summed E-state index contributed by atoms with van der Waals surface area (Å²) in [5, 5.41) is 0.241. The molecule has 0 aromatic rings. The summed E-state index contributed by atoms with van der Waals surface area (Å²) in [5.41, 5.74) is 0. The van der Waals surface area contributed by atoms with Crippen LogP contribution < -0.4 is 0 Å². The molecule has 0 heterocycles. The van der Waals surface area contributed by atoms with Gasteiger partial charge in [-0.15, -0.1) is 0 Å². The zero-order valence-electron chi connectivity index (χ0n) is 9.63. The van der Waals surface area contributed by atoms with Crippen molar-refractivity contribution in [2.75, 3.05) is 5.75 Å². The van der Waals surface area contributed by atoms with E-state index in [4.69, 9.17) is 0 Å². The number of hydrogen-bond acceptors (Lipinski definition) is 2. The van der Waals surface area contributed by atoms with E-state index in [0.717, 1.165) is 18.5 Å². The zero-order chi connectivity index (χ0) is 10.6. The Morgan fingerprint density at radius 3 is 2.29 bits per heavy atom. The molecule has 0 aliphatic rings. The molecule has 0 spiro atoms. The summed E-state index contributed by atoms with van der Waals surface area (Å²) in [5.74, 6) is 1.16. The molecule has 84 valence electrons. The first-order valence-electron chi connectivity index (χ1n) is 5.92. The van der Waals surface area contributed by atoms with Crippen LogP contribution in [-0.4, -0.2) is 17.3 Å². The van der Waals surface area contributed by atoms with E-state index < -0.39 is 0 Å². The molecule has 0 radical (unpaired) electrons. The molecule has 14 heavy (non-hydrogen) atoms. The van der Waals surface area contributed by atoms with Crippen LogP contribution in [0.15, 0.2) is 0 Å². The second-order valence-corrected chi connectivity index (χ2v) is 5.07. The molecular formula is C12H24OS. The second kappa shape index (κ2) is 11.1. The Labute approximate surface area is 93.0 Å². The number of carbonyl (C=O) groups excluding carboxylic acids is 1. The van der Waals surface area contributed by atoms with E-state index >= 15 is 0 Å². The summed E-state index contributed by atoms with van der Waals surface area (Å²) < 4.78 is 0. The van der Waals surface area contributed by atoms with Gasteiger partial charge >= 0.3 is 0 Å². The zero-order valence-corrected chi connectivity index (χ0v) is 10.4. The number of rotatable bonds is 10. The molecule has 0 amide bonds. The van der Waals surface area contributed by atoms with Crippen molar-refractivity contribution in [2.45, 2.75) is 64.0 Å². The second-order valence-electron chi connectivity index (χ2n) is 3.72. The predicted molar refractivity (Wildman–Crippen MR) is 66.0 cm³/mol. The smallest absolute Gasteiger partial charge is 0.132 e. The fourth-order valence-corrected chi connectivity index (χ4v) is 2.36. The highest BCUT2D eigenvalue weighted by Gasteiger charge is 2.03. The van der Waals surface area contributed by atoms with Gasteiger partial charge in [0, 0.05) is 0 Å². The lowest BCUT2D eigenvalue weighted by molar-refractivity contribution is -0.107. The Kier molecular flexibility index (Phi) is 11.1. The summed E-state index contributed by atoms with van der Waals surface area (Å²) in [6.07, 6.45) is 10.1. The van der Waals surface area contributed by atoms with Crippen LogP contribution in [0.5, 0.6) is 0 Å². The Bertz CT molecular complexity index is 125. The summed E-state index contributed by atoms with van der Waals surface area (Å²) in [6.45, 7) is 4.32. The molecule has 0 aromatic heterocycles. The first-order valence-corrected chi connectivity index (χ1v) is 6.96. The van der Waals surface area contributed by atoms with Crippen molar-refractivity contribution in [3.8, 4) is 0 Å². The highest BCUT2D eigenvalue weighted by molar-refractivity contribution is 8.00. The molecule has 0 aliphatic carbocycles. The molecule has 0 saturated carbocycles. The quantitative estimate of drug-likeness (QED) is 0.405. The monoisotopic (exact) mass is 216 g/mol. The van der Waals surface area contributed by atoms with E-state index in [1.54, 1.807) is 0 Å². The van der Waals surface area contributed by atoms with Crippen LogP contribution in [0.25, 0.3) is 0 Å². The number of thioether (sulfide) groups is 1. The van der Waals surface area contributed by atoms with E-state index in [1.807, 2.05) is 11.8 Å². The number of unbranched alkanes of at least 4 members (excludes halogenated alkanes) is 5. The topological polar surface area (TPSA) is 17.1 Å². The van der Waals surface area contributed by atoms with Gasteiger partial charge < -0.3 is 4.79 Å². The van der Waals surface area contributed by atoms with Gasteiger partial charge in [-0.3, -0.25) is 0 Å². The van der Waals surface area contributed by atoms with Crippen molar-refractivity contribution in [2.24, 2.45) is 0 Å². The number of hydrogen-bond donors (Lipinski definition) is 0. The molecular weight excluding hydrogens is 192 g/mol. The molecule has 0 bridgehead atoms. The van der Waals surface area contributed by atoms with E-state index in [-0.39, 0.29) is 5.25 Å². The molecule has 1 atom stereocenters. The normalized spacial score (nSPS) is 12.7. The minimum Gasteiger partial charge on any atom is -0.302 e. The highest BCUT2D eigenvalue weighted by atomic mass is 32.2. The lowest BCUT2D eigenvalue weighted by atomic mass is 10.1. The van der Waals surface area contributed by atoms with Crippen LogP contribution in [-0.2, 0) is 4.79 Å². The van der Waals surface area contributed by atoms with Crippen molar-refractivity contribution < 1.29 is 4.79 Å². The Morgan fingerprint density at radius 1 is 1.07 bits per heavy atom. The van der Waals surface area contributed by atoms with Gasteiger partial charge in [0.1, 0.15) is 6.29 Å². The van der Waals surface area contributed by atoms with Crippen molar-refractivity contribution >= 4 is 18.0 Å². The van der Waals surface area contributed by atoms with E-state index in [9.17, 15) is 4.79 Å². The third-order valence-electron chi connectivity index (χ3n) is 2.38. The molecule has 0 aliphatic heterocycles. The van der Waals surface area contributed by atoms with Gasteiger partial charge in [0.15, 0.2) is 0 Å². The fraction of sp³-hybridized carbons (Fsp3) is 0.917. The Hall–Kier alpha value is 0.0200. The van der Waals surface area contributed by atoms with E-state index in [0.29, 0.717) is 0 Å². The van der Waals surface area contributed by atoms with Crippen LogP contribution in [0, 0.1) is 0 Å². The van der Waals surface area contributed by atoms with Crippen LogP contribution in [0.3, 0.4) is 0 Å². The summed E-state index contributed by atoms with van der Waals surface area (Å²) >= 11 is 1.82. The van der Waals surface area contributed by atoms with Crippen LogP contribution >= 0.6 is 11.8 Å². The average molecular weight is 216 g/mol. The molecule has 0 rings (SSSR count). The van der Waals surface area contributed by atoms with Gasteiger partial charge in [-0.2, -0.15) is 11.8 Å². The van der Waals surface area contributed by atoms with Crippen molar-refractivity contribution in [3.63, 3.8) is 0 Å². The van der Waals surface area contributed by atoms with Crippen LogP contribution in [0.4, 0.5) is 0 Å². The fourth-order valence-electron chi connectivity index (χ4n) is 1.37. The maximum Gasteiger partial charge on any atom is 0.132 e. The maximum absolute atomic E-state index is 10.5. The van der Waals surface area contributed by atoms with Gasteiger partial charge in [-0.25, -0.2) is 0 Å². The first-order chi connectivity index (χ1) is 6.85. The summed E-state index contributed by atoms with van der Waals surface area (Å²) in [7, 11) is 0. The molecule has 0 saturated heterocycles. The Balaban J connectivity index is 3.08. The molecule has 1 nitrogen and oxygen atoms in total. The summed E-state index contributed by atoms with van der Waals surface area (Å²) in [4.78, 5) is 10.5. The lowest BCUT2D eigenvalue weighted by Crippen LogP contribution is -2.02. The van der Waals surface area contributed by atoms with Crippen LogP contribution in [0.2, 0.25) is 0 Å². The van der Waals surface area contributed by atoms with Gasteiger partial charge in [0.05, 0.1) is 5.25 Å². The van der Waals surface area contributed by atoms with Gasteiger partial charge in [-0.05, 0) is 18.6 Å². The molecule has 0 N–H and O–H groups in total. The molecule has 2 heteroatoms. The van der Waals surface area contributed by atoms with E-state index in [1.165, 1.54) is 38.5 Å². The standard InChI is InChI=1S/C12H24OS/c1-3-5-6-7-8-9-10-14-12(4-2)11-13/h11-12H,3-10H2,1-2H3. The van der Waals surface area contributed by atoms with E-state index in [2.05, 4.69) is 13.8 Å².